The largest absolute Gasteiger partial charge is 0.289 e. The molecule has 0 bridgehead atoms. The smallest absolute Gasteiger partial charge is 0.212 e. The zero-order chi connectivity index (χ0) is 24.3. The monoisotopic (exact) mass is 460 g/mol. The highest BCUT2D eigenvalue weighted by molar-refractivity contribution is 7.97. The molecule has 0 radical (unpaired) electrons. The van der Waals surface area contributed by atoms with Crippen molar-refractivity contribution in [1.82, 2.24) is 0 Å². The van der Waals surface area contributed by atoms with Crippen LogP contribution >= 0.6 is 0 Å². The lowest BCUT2D eigenvalue weighted by Crippen LogP contribution is -2.41. The van der Waals surface area contributed by atoms with Crippen molar-refractivity contribution in [1.29, 1.82) is 0 Å². The molecule has 0 saturated carbocycles. The van der Waals surface area contributed by atoms with Gasteiger partial charge in [-0.3, -0.25) is 4.79 Å². The van der Waals surface area contributed by atoms with E-state index < -0.39 is 0 Å². The van der Waals surface area contributed by atoms with E-state index in [9.17, 15) is 4.79 Å². The van der Waals surface area contributed by atoms with Crippen LogP contribution in [0, 0.1) is 0 Å². The fourth-order valence-electron chi connectivity index (χ4n) is 5.01. The van der Waals surface area contributed by atoms with Gasteiger partial charge < -0.3 is 0 Å². The first-order chi connectivity index (χ1) is 15.8. The fraction of sp³-hybridized carbons (Fsp3) is 0.367. The Labute approximate surface area is 205 Å². The van der Waals surface area contributed by atoms with Crippen LogP contribution in [0.5, 0.6) is 0 Å². The summed E-state index contributed by atoms with van der Waals surface area (Å²) in [6, 6.07) is 30.1. The SMILES string of the molecule is CC[B-](CC)(CC)C(C)(C)C.O=C(C[S+](c1ccccc1)c1ccccc1)c1ccccc1. The summed E-state index contributed by atoms with van der Waals surface area (Å²) in [7, 11) is -0.231. The van der Waals surface area contributed by atoms with E-state index in [1.54, 1.807) is 0 Å². The third-order valence-electron chi connectivity index (χ3n) is 7.61. The van der Waals surface area contributed by atoms with Crippen LogP contribution in [0.4, 0.5) is 0 Å². The van der Waals surface area contributed by atoms with Gasteiger partial charge in [-0.15, -0.1) is 0 Å². The highest BCUT2D eigenvalue weighted by atomic mass is 32.2. The maximum atomic E-state index is 12.6. The molecule has 0 spiro atoms. The van der Waals surface area contributed by atoms with Gasteiger partial charge in [0.2, 0.25) is 5.78 Å². The van der Waals surface area contributed by atoms with Crippen LogP contribution in [-0.4, -0.2) is 17.7 Å². The molecule has 0 heterocycles. The van der Waals surface area contributed by atoms with Crippen LogP contribution in [-0.2, 0) is 10.9 Å². The van der Waals surface area contributed by atoms with Gasteiger partial charge >= 0.3 is 0 Å². The molecule has 0 aliphatic carbocycles. The van der Waals surface area contributed by atoms with E-state index in [0.29, 0.717) is 11.1 Å². The second-order valence-corrected chi connectivity index (χ2v) is 12.0. The number of benzene rings is 3. The highest BCUT2D eigenvalue weighted by Crippen LogP contribution is 2.43. The summed E-state index contributed by atoms with van der Waals surface area (Å²) in [5.41, 5.74) is 0.784. The lowest BCUT2D eigenvalue weighted by molar-refractivity contribution is 0.102. The molecule has 176 valence electrons. The maximum absolute atomic E-state index is 12.6. The Hall–Kier alpha value is -2.26. The number of carbonyl (C=O) groups is 1. The normalized spacial score (nSPS) is 11.6. The molecule has 0 atom stereocenters. The molecule has 0 aliphatic rings. The molecule has 3 rings (SSSR count). The van der Waals surface area contributed by atoms with Crippen molar-refractivity contribution >= 4 is 22.8 Å². The minimum absolute atomic E-state index is 0.104. The molecule has 33 heavy (non-hydrogen) atoms. The Morgan fingerprint density at radius 2 is 1.03 bits per heavy atom. The van der Waals surface area contributed by atoms with Gasteiger partial charge in [0.15, 0.2) is 15.5 Å². The summed E-state index contributed by atoms with van der Waals surface area (Å²) in [5.74, 6) is 0.703. The predicted octanol–water partition coefficient (Wildman–Crippen LogP) is 8.90. The molecule has 3 aromatic carbocycles. The quantitative estimate of drug-likeness (QED) is 0.186. The van der Waals surface area contributed by atoms with Crippen molar-refractivity contribution < 1.29 is 4.79 Å². The molecular formula is C30H41BOS. The van der Waals surface area contributed by atoms with E-state index in [0.717, 1.165) is 5.56 Å². The molecule has 0 unspecified atom stereocenters. The number of hydrogen-bond acceptors (Lipinski definition) is 1. The standard InChI is InChI=1S/C20H17OS.C10H24B/c21-20(17-10-4-1-5-11-17)16-22(18-12-6-2-7-13-18)19-14-8-3-9-15-19;1-7-11(8-2,9-3)10(4,5)6/h1-15H,16H2;7-9H2,1-6H3/q+1;-1. The van der Waals surface area contributed by atoms with E-state index in [2.05, 4.69) is 65.8 Å². The summed E-state index contributed by atoms with van der Waals surface area (Å²) in [5, 5.41) is 0.526. The average Bonchev–Trinajstić information content (AvgIpc) is 2.85. The first-order valence-corrected chi connectivity index (χ1v) is 13.8. The van der Waals surface area contributed by atoms with E-state index in [-0.39, 0.29) is 22.8 Å². The Morgan fingerprint density at radius 3 is 1.33 bits per heavy atom. The molecule has 3 heteroatoms. The Morgan fingerprint density at radius 1 is 0.667 bits per heavy atom. The molecule has 0 fully saturated rings. The van der Waals surface area contributed by atoms with Gasteiger partial charge in [0.05, 0.1) is 10.9 Å². The Kier molecular flexibility index (Phi) is 10.5. The van der Waals surface area contributed by atoms with Gasteiger partial charge in [0.25, 0.3) is 0 Å². The number of carbonyl (C=O) groups excluding carboxylic acids is 1. The van der Waals surface area contributed by atoms with Gasteiger partial charge in [0.1, 0.15) is 0 Å². The van der Waals surface area contributed by atoms with E-state index in [4.69, 9.17) is 0 Å². The minimum Gasteiger partial charge on any atom is -0.289 e. The Bertz CT molecular complexity index is 897. The number of rotatable bonds is 8. The van der Waals surface area contributed by atoms with Gasteiger partial charge in [-0.05, 0) is 24.3 Å². The van der Waals surface area contributed by atoms with Crippen molar-refractivity contribution in [2.45, 2.75) is 75.6 Å². The van der Waals surface area contributed by atoms with Crippen LogP contribution in [0.2, 0.25) is 24.3 Å². The second kappa shape index (κ2) is 12.8. The Balaban J connectivity index is 0.000000299. The maximum Gasteiger partial charge on any atom is 0.212 e. The number of Topliss-reactive ketones (excluding diaryl/α,β-unsaturated/α-hetero) is 1. The lowest BCUT2D eigenvalue weighted by atomic mass is 9.11. The molecule has 0 amide bonds. The van der Waals surface area contributed by atoms with E-state index in [1.165, 1.54) is 28.8 Å². The molecule has 0 saturated heterocycles. The van der Waals surface area contributed by atoms with Gasteiger partial charge in [0, 0.05) is 11.7 Å². The van der Waals surface area contributed by atoms with E-state index >= 15 is 0 Å². The van der Waals surface area contributed by atoms with Crippen molar-refractivity contribution in [3.63, 3.8) is 0 Å². The molecule has 3 aromatic rings. The zero-order valence-electron chi connectivity index (χ0n) is 21.4. The van der Waals surface area contributed by atoms with Crippen LogP contribution in [0.1, 0.15) is 51.9 Å². The third kappa shape index (κ3) is 7.37. The number of ketones is 1. The number of hydrogen-bond donors (Lipinski definition) is 0. The van der Waals surface area contributed by atoms with Crippen molar-refractivity contribution in [2.24, 2.45) is 0 Å². The van der Waals surface area contributed by atoms with Crippen LogP contribution in [0.3, 0.4) is 0 Å². The van der Waals surface area contributed by atoms with Crippen LogP contribution < -0.4 is 0 Å². The van der Waals surface area contributed by atoms with Crippen LogP contribution in [0.15, 0.2) is 101 Å². The third-order valence-corrected chi connectivity index (χ3v) is 9.84. The summed E-state index contributed by atoms with van der Waals surface area (Å²) < 4.78 is 0. The average molecular weight is 461 g/mol. The van der Waals surface area contributed by atoms with Gasteiger partial charge in [-0.2, -0.15) is 24.3 Å². The highest BCUT2D eigenvalue weighted by Gasteiger charge is 2.31. The molecule has 0 N–H and O–H groups in total. The first kappa shape index (κ1) is 27.0. The summed E-state index contributed by atoms with van der Waals surface area (Å²) >= 11 is 0. The predicted molar refractivity (Wildman–Crippen MR) is 149 cm³/mol. The van der Waals surface area contributed by atoms with Crippen molar-refractivity contribution in [3.05, 3.63) is 96.6 Å². The first-order valence-electron chi connectivity index (χ1n) is 12.4. The molecular weight excluding hydrogens is 419 g/mol. The topological polar surface area (TPSA) is 17.1 Å². The van der Waals surface area contributed by atoms with Crippen molar-refractivity contribution in [3.8, 4) is 0 Å². The summed E-state index contributed by atoms with van der Waals surface area (Å²) in [6.07, 6.45) is 4.01. The van der Waals surface area contributed by atoms with E-state index in [1.807, 2.05) is 66.7 Å². The second-order valence-electron chi connectivity index (χ2n) is 10.0. The summed E-state index contributed by atoms with van der Waals surface area (Å²) in [6.45, 7) is 14.2. The van der Waals surface area contributed by atoms with Gasteiger partial charge in [-0.25, -0.2) is 0 Å². The zero-order valence-corrected chi connectivity index (χ0v) is 22.2. The lowest BCUT2D eigenvalue weighted by Gasteiger charge is -2.49. The minimum atomic E-state index is -0.231. The van der Waals surface area contributed by atoms with Crippen molar-refractivity contribution in [2.75, 3.05) is 5.75 Å². The molecule has 1 nitrogen and oxygen atoms in total. The van der Waals surface area contributed by atoms with Crippen LogP contribution in [0.25, 0.3) is 0 Å². The summed E-state index contributed by atoms with van der Waals surface area (Å²) in [4.78, 5) is 15.0. The fourth-order valence-corrected chi connectivity index (χ4v) is 7.02. The molecule has 0 aromatic heterocycles. The van der Waals surface area contributed by atoms with Gasteiger partial charge in [-0.1, -0.05) is 108 Å². The molecule has 0 aliphatic heterocycles.